The Morgan fingerprint density at radius 2 is 2.24 bits per heavy atom. The van der Waals surface area contributed by atoms with Crippen LogP contribution in [-0.2, 0) is 11.3 Å². The minimum Gasteiger partial charge on any atom is -0.481 e. The molecule has 5 heteroatoms. The van der Waals surface area contributed by atoms with Gasteiger partial charge in [0.2, 0.25) is 0 Å². The van der Waals surface area contributed by atoms with Gasteiger partial charge in [-0.2, -0.15) is 0 Å². The maximum absolute atomic E-state index is 13.5. The van der Waals surface area contributed by atoms with Crippen molar-refractivity contribution >= 4 is 5.91 Å². The average molecular weight is 240 g/mol. The lowest BCUT2D eigenvalue weighted by Gasteiger charge is -2.08. The Balaban J connectivity index is 2.59. The minimum atomic E-state index is -0.454. The molecule has 0 atom stereocenters. The number of rotatable bonds is 6. The highest BCUT2D eigenvalue weighted by Gasteiger charge is 2.06. The molecule has 0 radical (unpaired) electrons. The molecule has 0 spiro atoms. The molecule has 1 aromatic rings. The standard InChI is InChI=1S/C12H17FN2O2/c1-3-15-7-9-4-5-11(10(13)6-9)17-8-12(16)14-2/h4-6,15H,3,7-8H2,1-2H3,(H,14,16). The summed E-state index contributed by atoms with van der Waals surface area (Å²) in [6.07, 6.45) is 0. The van der Waals surface area contributed by atoms with E-state index >= 15 is 0 Å². The Kier molecular flexibility index (Phi) is 5.42. The summed E-state index contributed by atoms with van der Waals surface area (Å²) in [7, 11) is 1.50. The molecule has 0 aliphatic rings. The molecule has 0 bridgehead atoms. The lowest BCUT2D eigenvalue weighted by molar-refractivity contribution is -0.122. The van der Waals surface area contributed by atoms with E-state index < -0.39 is 5.82 Å². The molecule has 1 amide bonds. The molecule has 0 heterocycles. The van der Waals surface area contributed by atoms with Gasteiger partial charge in [0.25, 0.3) is 5.91 Å². The normalized spacial score (nSPS) is 10.1. The van der Waals surface area contributed by atoms with Crippen molar-refractivity contribution in [3.63, 3.8) is 0 Å². The van der Waals surface area contributed by atoms with E-state index in [1.54, 1.807) is 6.07 Å². The van der Waals surface area contributed by atoms with Crippen LogP contribution in [0.2, 0.25) is 0 Å². The first-order chi connectivity index (χ1) is 8.17. The van der Waals surface area contributed by atoms with Crippen molar-refractivity contribution < 1.29 is 13.9 Å². The zero-order chi connectivity index (χ0) is 12.7. The zero-order valence-electron chi connectivity index (χ0n) is 10.0. The van der Waals surface area contributed by atoms with Gasteiger partial charge in [0.1, 0.15) is 0 Å². The lowest BCUT2D eigenvalue weighted by Crippen LogP contribution is -2.25. The van der Waals surface area contributed by atoms with Gasteiger partial charge in [-0.15, -0.1) is 0 Å². The second kappa shape index (κ2) is 6.85. The summed E-state index contributed by atoms with van der Waals surface area (Å²) >= 11 is 0. The van der Waals surface area contributed by atoms with E-state index in [0.29, 0.717) is 6.54 Å². The van der Waals surface area contributed by atoms with Crippen LogP contribution in [-0.4, -0.2) is 26.1 Å². The maximum Gasteiger partial charge on any atom is 0.257 e. The quantitative estimate of drug-likeness (QED) is 0.781. The monoisotopic (exact) mass is 240 g/mol. The maximum atomic E-state index is 13.5. The summed E-state index contributed by atoms with van der Waals surface area (Å²) in [6, 6.07) is 4.71. The molecule has 0 saturated heterocycles. The van der Waals surface area contributed by atoms with Gasteiger partial charge in [-0.3, -0.25) is 4.79 Å². The number of hydrogen-bond donors (Lipinski definition) is 2. The molecule has 0 saturated carbocycles. The van der Waals surface area contributed by atoms with Crippen LogP contribution in [0.1, 0.15) is 12.5 Å². The van der Waals surface area contributed by atoms with E-state index in [-0.39, 0.29) is 18.3 Å². The van der Waals surface area contributed by atoms with E-state index in [9.17, 15) is 9.18 Å². The molecule has 0 aliphatic carbocycles. The Morgan fingerprint density at radius 1 is 1.47 bits per heavy atom. The summed E-state index contributed by atoms with van der Waals surface area (Å²) in [5, 5.41) is 5.50. The number of amides is 1. The second-order valence-electron chi connectivity index (χ2n) is 3.51. The smallest absolute Gasteiger partial charge is 0.257 e. The molecule has 17 heavy (non-hydrogen) atoms. The van der Waals surface area contributed by atoms with E-state index in [4.69, 9.17) is 4.74 Å². The highest BCUT2D eigenvalue weighted by Crippen LogP contribution is 2.18. The van der Waals surface area contributed by atoms with E-state index in [0.717, 1.165) is 12.1 Å². The van der Waals surface area contributed by atoms with Crippen molar-refractivity contribution in [2.45, 2.75) is 13.5 Å². The van der Waals surface area contributed by atoms with Crippen LogP contribution in [0.4, 0.5) is 4.39 Å². The third kappa shape index (κ3) is 4.40. The molecule has 4 nitrogen and oxygen atoms in total. The minimum absolute atomic E-state index is 0.0915. The number of carbonyl (C=O) groups is 1. The molecular weight excluding hydrogens is 223 g/mol. The van der Waals surface area contributed by atoms with Gasteiger partial charge in [-0.25, -0.2) is 4.39 Å². The summed E-state index contributed by atoms with van der Waals surface area (Å²) in [4.78, 5) is 10.9. The number of nitrogens with one attached hydrogen (secondary N) is 2. The SMILES string of the molecule is CCNCc1ccc(OCC(=O)NC)c(F)c1. The Morgan fingerprint density at radius 3 is 2.82 bits per heavy atom. The molecule has 0 fully saturated rings. The first-order valence-corrected chi connectivity index (χ1v) is 5.50. The summed E-state index contributed by atoms with van der Waals surface area (Å²) in [5.74, 6) is -0.653. The van der Waals surface area contributed by atoms with Gasteiger partial charge in [-0.05, 0) is 24.2 Å². The van der Waals surface area contributed by atoms with Crippen molar-refractivity contribution in [2.24, 2.45) is 0 Å². The Labute approximate surface area is 100 Å². The zero-order valence-corrected chi connectivity index (χ0v) is 10.0. The molecule has 0 aliphatic heterocycles. The summed E-state index contributed by atoms with van der Waals surface area (Å²) in [6.45, 7) is 3.25. The number of hydrogen-bond acceptors (Lipinski definition) is 3. The van der Waals surface area contributed by atoms with Gasteiger partial charge in [-0.1, -0.05) is 13.0 Å². The van der Waals surface area contributed by atoms with Crippen LogP contribution < -0.4 is 15.4 Å². The number of likely N-dealkylation sites (N-methyl/N-ethyl adjacent to an activating group) is 1. The second-order valence-corrected chi connectivity index (χ2v) is 3.51. The summed E-state index contributed by atoms with van der Waals surface area (Å²) in [5.41, 5.74) is 0.844. The van der Waals surface area contributed by atoms with Gasteiger partial charge in [0.05, 0.1) is 0 Å². The first kappa shape index (κ1) is 13.4. The van der Waals surface area contributed by atoms with Crippen molar-refractivity contribution in [1.29, 1.82) is 0 Å². The van der Waals surface area contributed by atoms with E-state index in [1.165, 1.54) is 19.2 Å². The Hall–Kier alpha value is -1.62. The summed E-state index contributed by atoms with van der Waals surface area (Å²) < 4.78 is 18.6. The largest absolute Gasteiger partial charge is 0.481 e. The number of ether oxygens (including phenoxy) is 1. The molecular formula is C12H17FN2O2. The fourth-order valence-corrected chi connectivity index (χ4v) is 1.26. The predicted octanol–water partition coefficient (Wildman–Crippen LogP) is 1.06. The molecule has 0 aromatic heterocycles. The fourth-order valence-electron chi connectivity index (χ4n) is 1.26. The van der Waals surface area contributed by atoms with Crippen LogP contribution >= 0.6 is 0 Å². The third-order valence-electron chi connectivity index (χ3n) is 2.21. The van der Waals surface area contributed by atoms with Crippen molar-refractivity contribution in [2.75, 3.05) is 20.2 Å². The molecule has 94 valence electrons. The molecule has 1 aromatic carbocycles. The number of halogens is 1. The topological polar surface area (TPSA) is 50.4 Å². The number of carbonyl (C=O) groups excluding carboxylic acids is 1. The van der Waals surface area contributed by atoms with E-state index in [1.807, 2.05) is 6.92 Å². The lowest BCUT2D eigenvalue weighted by atomic mass is 10.2. The van der Waals surface area contributed by atoms with Gasteiger partial charge >= 0.3 is 0 Å². The first-order valence-electron chi connectivity index (χ1n) is 5.50. The number of benzene rings is 1. The van der Waals surface area contributed by atoms with Gasteiger partial charge in [0, 0.05) is 13.6 Å². The average Bonchev–Trinajstić information content (AvgIpc) is 2.34. The fraction of sp³-hybridized carbons (Fsp3) is 0.417. The van der Waals surface area contributed by atoms with Gasteiger partial charge in [0.15, 0.2) is 18.2 Å². The van der Waals surface area contributed by atoms with Crippen molar-refractivity contribution in [3.8, 4) is 5.75 Å². The van der Waals surface area contributed by atoms with Crippen LogP contribution in [0.15, 0.2) is 18.2 Å². The highest BCUT2D eigenvalue weighted by atomic mass is 19.1. The predicted molar refractivity (Wildman–Crippen MR) is 63.3 cm³/mol. The molecule has 0 unspecified atom stereocenters. The van der Waals surface area contributed by atoms with Crippen LogP contribution in [0, 0.1) is 5.82 Å². The van der Waals surface area contributed by atoms with Gasteiger partial charge < -0.3 is 15.4 Å². The van der Waals surface area contributed by atoms with Crippen molar-refractivity contribution in [1.82, 2.24) is 10.6 Å². The molecule has 1 rings (SSSR count). The third-order valence-corrected chi connectivity index (χ3v) is 2.21. The van der Waals surface area contributed by atoms with Crippen LogP contribution in [0.25, 0.3) is 0 Å². The molecule has 2 N–H and O–H groups in total. The van der Waals surface area contributed by atoms with Crippen LogP contribution in [0.3, 0.4) is 0 Å². The van der Waals surface area contributed by atoms with E-state index in [2.05, 4.69) is 10.6 Å². The van der Waals surface area contributed by atoms with Crippen LogP contribution in [0.5, 0.6) is 5.75 Å². The van der Waals surface area contributed by atoms with Crippen molar-refractivity contribution in [3.05, 3.63) is 29.6 Å². The highest BCUT2D eigenvalue weighted by molar-refractivity contribution is 5.77. The Bertz CT molecular complexity index is 383.